The number of fused-ring (bicyclic) bond motifs is 1. The molecule has 0 unspecified atom stereocenters. The van der Waals surface area contributed by atoms with Gasteiger partial charge >= 0.3 is 0 Å². The van der Waals surface area contributed by atoms with Gasteiger partial charge in [-0.3, -0.25) is 9.78 Å². The average molecular weight is 372 g/mol. The van der Waals surface area contributed by atoms with Gasteiger partial charge < -0.3 is 9.88 Å². The van der Waals surface area contributed by atoms with Gasteiger partial charge in [-0.15, -0.1) is 0 Å². The number of hydrogen-bond donors (Lipinski definition) is 1. The SMILES string of the molecule is O=c1[nH]c(C2CCN(c3cccnc3)CC2)nc2c1cnn2-c1ccccc1. The molecule has 1 aliphatic rings. The molecule has 0 amide bonds. The maximum Gasteiger partial charge on any atom is 0.262 e. The lowest BCUT2D eigenvalue weighted by Gasteiger charge is -2.32. The highest BCUT2D eigenvalue weighted by molar-refractivity contribution is 5.75. The van der Waals surface area contributed by atoms with Gasteiger partial charge in [0.25, 0.3) is 5.56 Å². The van der Waals surface area contributed by atoms with E-state index in [-0.39, 0.29) is 11.5 Å². The van der Waals surface area contributed by atoms with Gasteiger partial charge in [-0.25, -0.2) is 9.67 Å². The Labute approximate surface area is 161 Å². The van der Waals surface area contributed by atoms with Crippen LogP contribution in [0.3, 0.4) is 0 Å². The molecular weight excluding hydrogens is 352 g/mol. The van der Waals surface area contributed by atoms with Crippen LogP contribution >= 0.6 is 0 Å². The number of piperidine rings is 1. The van der Waals surface area contributed by atoms with E-state index in [0.29, 0.717) is 11.0 Å². The molecule has 140 valence electrons. The van der Waals surface area contributed by atoms with Crippen LogP contribution in [0.4, 0.5) is 5.69 Å². The molecule has 1 saturated heterocycles. The minimum absolute atomic E-state index is 0.128. The summed E-state index contributed by atoms with van der Waals surface area (Å²) < 4.78 is 1.73. The van der Waals surface area contributed by atoms with Gasteiger partial charge in [0.15, 0.2) is 5.65 Å². The Morgan fingerprint density at radius 1 is 0.964 bits per heavy atom. The van der Waals surface area contributed by atoms with Gasteiger partial charge in [0.05, 0.1) is 23.8 Å². The van der Waals surface area contributed by atoms with E-state index >= 15 is 0 Å². The van der Waals surface area contributed by atoms with Crippen LogP contribution in [0.1, 0.15) is 24.6 Å². The number of aromatic amines is 1. The predicted molar refractivity (Wildman–Crippen MR) is 108 cm³/mol. The Hall–Kier alpha value is -3.48. The van der Waals surface area contributed by atoms with Crippen LogP contribution in [-0.4, -0.2) is 37.8 Å². The lowest BCUT2D eigenvalue weighted by molar-refractivity contribution is 0.485. The molecule has 0 radical (unpaired) electrons. The van der Waals surface area contributed by atoms with Gasteiger partial charge in [-0.2, -0.15) is 5.10 Å². The van der Waals surface area contributed by atoms with E-state index in [0.717, 1.165) is 43.1 Å². The molecule has 0 bridgehead atoms. The van der Waals surface area contributed by atoms with Crippen molar-refractivity contribution in [3.63, 3.8) is 0 Å². The molecule has 7 heteroatoms. The Morgan fingerprint density at radius 3 is 2.50 bits per heavy atom. The third-order valence-corrected chi connectivity index (χ3v) is 5.35. The molecular formula is C21H20N6O. The Kier molecular flexibility index (Phi) is 4.12. The van der Waals surface area contributed by atoms with Crippen molar-refractivity contribution in [1.82, 2.24) is 24.7 Å². The summed E-state index contributed by atoms with van der Waals surface area (Å²) in [7, 11) is 0. The number of H-pyrrole nitrogens is 1. The second kappa shape index (κ2) is 6.92. The summed E-state index contributed by atoms with van der Waals surface area (Å²) in [6, 6.07) is 13.8. The molecule has 3 aromatic heterocycles. The number of para-hydroxylation sites is 1. The molecule has 0 aliphatic carbocycles. The fraction of sp³-hybridized carbons (Fsp3) is 0.238. The van der Waals surface area contributed by atoms with Gasteiger partial charge in [0, 0.05) is 25.2 Å². The number of benzene rings is 1. The molecule has 0 atom stereocenters. The van der Waals surface area contributed by atoms with Gasteiger partial charge in [-0.1, -0.05) is 18.2 Å². The zero-order valence-electron chi connectivity index (χ0n) is 15.3. The molecule has 4 aromatic rings. The normalized spacial score (nSPS) is 15.2. The summed E-state index contributed by atoms with van der Waals surface area (Å²) in [6.07, 6.45) is 7.13. The molecule has 4 heterocycles. The minimum Gasteiger partial charge on any atom is -0.370 e. The van der Waals surface area contributed by atoms with Crippen molar-refractivity contribution in [2.75, 3.05) is 18.0 Å². The van der Waals surface area contributed by atoms with E-state index in [1.54, 1.807) is 17.1 Å². The second-order valence-corrected chi connectivity index (χ2v) is 7.05. The molecule has 1 N–H and O–H groups in total. The molecule has 0 spiro atoms. The summed E-state index contributed by atoms with van der Waals surface area (Å²) in [6.45, 7) is 1.83. The first-order valence-electron chi connectivity index (χ1n) is 9.48. The van der Waals surface area contributed by atoms with Crippen LogP contribution in [0, 0.1) is 0 Å². The average Bonchev–Trinajstić information content (AvgIpc) is 3.20. The molecule has 7 nitrogen and oxygen atoms in total. The molecule has 5 rings (SSSR count). The Morgan fingerprint density at radius 2 is 1.75 bits per heavy atom. The van der Waals surface area contributed by atoms with Crippen molar-refractivity contribution < 1.29 is 0 Å². The minimum atomic E-state index is -0.128. The number of hydrogen-bond acceptors (Lipinski definition) is 5. The van der Waals surface area contributed by atoms with E-state index in [2.05, 4.69) is 26.0 Å². The monoisotopic (exact) mass is 372 g/mol. The summed E-state index contributed by atoms with van der Waals surface area (Å²) >= 11 is 0. The fourth-order valence-corrected chi connectivity index (χ4v) is 3.84. The van der Waals surface area contributed by atoms with E-state index in [9.17, 15) is 4.79 Å². The topological polar surface area (TPSA) is 79.7 Å². The highest BCUT2D eigenvalue weighted by atomic mass is 16.1. The van der Waals surface area contributed by atoms with Crippen molar-refractivity contribution in [2.24, 2.45) is 0 Å². The van der Waals surface area contributed by atoms with Crippen molar-refractivity contribution in [2.45, 2.75) is 18.8 Å². The van der Waals surface area contributed by atoms with E-state index < -0.39 is 0 Å². The smallest absolute Gasteiger partial charge is 0.262 e. The highest BCUT2D eigenvalue weighted by Gasteiger charge is 2.24. The van der Waals surface area contributed by atoms with E-state index in [4.69, 9.17) is 4.98 Å². The summed E-state index contributed by atoms with van der Waals surface area (Å²) in [5, 5.41) is 4.90. The van der Waals surface area contributed by atoms with Crippen molar-refractivity contribution in [3.05, 3.63) is 77.2 Å². The number of nitrogens with zero attached hydrogens (tertiary/aromatic N) is 5. The fourth-order valence-electron chi connectivity index (χ4n) is 3.84. The van der Waals surface area contributed by atoms with Gasteiger partial charge in [0.1, 0.15) is 11.2 Å². The quantitative estimate of drug-likeness (QED) is 0.598. The number of nitrogens with one attached hydrogen (secondary N) is 1. The second-order valence-electron chi connectivity index (χ2n) is 7.05. The van der Waals surface area contributed by atoms with Crippen molar-refractivity contribution in [1.29, 1.82) is 0 Å². The Bertz CT molecular complexity index is 1140. The molecule has 1 fully saturated rings. The standard InChI is InChI=1S/C21H20N6O/c28-21-18-14-23-27(16-5-2-1-3-6-16)20(18)24-19(25-21)15-8-11-26(12-9-15)17-7-4-10-22-13-17/h1-7,10,13-15H,8-9,11-12H2,(H,24,25,28). The zero-order chi connectivity index (χ0) is 18.9. The molecule has 28 heavy (non-hydrogen) atoms. The summed E-state index contributed by atoms with van der Waals surface area (Å²) in [5.74, 6) is 0.977. The number of anilines is 1. The Balaban J connectivity index is 1.45. The maximum absolute atomic E-state index is 12.6. The van der Waals surface area contributed by atoms with Crippen LogP contribution < -0.4 is 10.5 Å². The first-order valence-corrected chi connectivity index (χ1v) is 9.48. The van der Waals surface area contributed by atoms with E-state index in [1.807, 2.05) is 42.6 Å². The molecule has 0 saturated carbocycles. The van der Waals surface area contributed by atoms with Gasteiger partial charge in [-0.05, 0) is 37.1 Å². The van der Waals surface area contributed by atoms with Crippen LogP contribution in [-0.2, 0) is 0 Å². The zero-order valence-corrected chi connectivity index (χ0v) is 15.3. The van der Waals surface area contributed by atoms with E-state index in [1.165, 1.54) is 0 Å². The van der Waals surface area contributed by atoms with Crippen LogP contribution in [0.2, 0.25) is 0 Å². The van der Waals surface area contributed by atoms with Crippen LogP contribution in [0.15, 0.2) is 65.8 Å². The largest absolute Gasteiger partial charge is 0.370 e. The van der Waals surface area contributed by atoms with Crippen molar-refractivity contribution >= 4 is 16.7 Å². The number of pyridine rings is 1. The number of aromatic nitrogens is 5. The summed E-state index contributed by atoms with van der Waals surface area (Å²) in [5.41, 5.74) is 2.52. The number of rotatable bonds is 3. The summed E-state index contributed by atoms with van der Waals surface area (Å²) in [4.78, 5) is 26.9. The van der Waals surface area contributed by atoms with Crippen LogP contribution in [0.5, 0.6) is 0 Å². The first kappa shape index (κ1) is 16.7. The van der Waals surface area contributed by atoms with Crippen LogP contribution in [0.25, 0.3) is 16.7 Å². The lowest BCUT2D eigenvalue weighted by atomic mass is 9.95. The highest BCUT2D eigenvalue weighted by Crippen LogP contribution is 2.28. The van der Waals surface area contributed by atoms with Gasteiger partial charge in [0.2, 0.25) is 0 Å². The van der Waals surface area contributed by atoms with Crippen molar-refractivity contribution in [3.8, 4) is 5.69 Å². The third kappa shape index (κ3) is 2.94. The molecule has 1 aliphatic heterocycles. The lowest BCUT2D eigenvalue weighted by Crippen LogP contribution is -2.34. The predicted octanol–water partition coefficient (Wildman–Crippen LogP) is 2.89. The first-order chi connectivity index (χ1) is 13.8. The third-order valence-electron chi connectivity index (χ3n) is 5.35. The maximum atomic E-state index is 12.6. The molecule has 1 aromatic carbocycles.